The minimum Gasteiger partial charge on any atom is -0.349 e. The zero-order valence-corrected chi connectivity index (χ0v) is 18.7. The largest absolute Gasteiger partial charge is 0.349 e. The fraction of sp³-hybridized carbons (Fsp3) is 0.333. The summed E-state index contributed by atoms with van der Waals surface area (Å²) in [6.07, 6.45) is 8.70. The molecule has 10 nitrogen and oxygen atoms in total. The first-order chi connectivity index (χ1) is 16.5. The molecule has 2 fully saturated rings. The minimum atomic E-state index is -0.120. The third kappa shape index (κ3) is 3.60. The van der Waals surface area contributed by atoms with Gasteiger partial charge in [-0.15, -0.1) is 5.10 Å². The van der Waals surface area contributed by atoms with Crippen LogP contribution < -0.4 is 5.32 Å². The van der Waals surface area contributed by atoms with Crippen molar-refractivity contribution in [3.05, 3.63) is 71.9 Å². The molecule has 2 aliphatic rings. The smallest absolute Gasteiger partial charge is 0.253 e. The molecule has 4 heterocycles. The maximum atomic E-state index is 13.2. The second-order valence-electron chi connectivity index (χ2n) is 9.16. The molecule has 0 spiro atoms. The summed E-state index contributed by atoms with van der Waals surface area (Å²) in [5.41, 5.74) is 3.95. The number of likely N-dealkylation sites (tertiary alicyclic amines) is 1. The molecule has 0 radical (unpaired) electrons. The van der Waals surface area contributed by atoms with Gasteiger partial charge in [0.25, 0.3) is 5.91 Å². The summed E-state index contributed by atoms with van der Waals surface area (Å²) >= 11 is 0. The molecule has 2 amide bonds. The van der Waals surface area contributed by atoms with Crippen LogP contribution in [0.4, 0.5) is 0 Å². The number of piperidine rings is 1. The van der Waals surface area contributed by atoms with Gasteiger partial charge in [-0.1, -0.05) is 22.9 Å². The fourth-order valence-electron chi connectivity index (χ4n) is 5.29. The first-order valence-electron chi connectivity index (χ1n) is 11.4. The Morgan fingerprint density at radius 2 is 2.09 bits per heavy atom. The highest BCUT2D eigenvalue weighted by Crippen LogP contribution is 2.38. The van der Waals surface area contributed by atoms with Crippen LogP contribution in [0.2, 0.25) is 0 Å². The van der Waals surface area contributed by atoms with Crippen LogP contribution in [0, 0.1) is 12.8 Å². The Balaban J connectivity index is 1.12. The summed E-state index contributed by atoms with van der Waals surface area (Å²) in [6, 6.07) is 9.72. The van der Waals surface area contributed by atoms with Crippen LogP contribution in [-0.2, 0) is 11.2 Å². The van der Waals surface area contributed by atoms with Crippen molar-refractivity contribution in [2.75, 3.05) is 6.54 Å². The van der Waals surface area contributed by atoms with Crippen molar-refractivity contribution in [1.29, 1.82) is 0 Å². The van der Waals surface area contributed by atoms with Gasteiger partial charge in [0.1, 0.15) is 6.33 Å². The number of aryl methyl sites for hydroxylation is 1. The molecule has 10 heteroatoms. The fourth-order valence-corrected chi connectivity index (χ4v) is 5.29. The van der Waals surface area contributed by atoms with Crippen LogP contribution in [0.3, 0.4) is 0 Å². The number of hydrogen-bond donors (Lipinski definition) is 1. The van der Waals surface area contributed by atoms with Gasteiger partial charge in [-0.05, 0) is 49.4 Å². The van der Waals surface area contributed by atoms with E-state index in [1.54, 1.807) is 21.6 Å². The Kier molecular flexibility index (Phi) is 4.86. The number of nitrogens with one attached hydrogen (secondary N) is 1. The summed E-state index contributed by atoms with van der Waals surface area (Å²) < 4.78 is 3.29. The van der Waals surface area contributed by atoms with Gasteiger partial charge >= 0.3 is 0 Å². The van der Waals surface area contributed by atoms with E-state index in [9.17, 15) is 9.59 Å². The molecule has 1 aromatic carbocycles. The Morgan fingerprint density at radius 1 is 1.18 bits per heavy atom. The number of benzene rings is 1. The lowest BCUT2D eigenvalue weighted by Gasteiger charge is -2.32. The number of hydrogen-bond acceptors (Lipinski definition) is 6. The Labute approximate surface area is 195 Å². The van der Waals surface area contributed by atoms with Crippen molar-refractivity contribution < 1.29 is 9.59 Å². The zero-order chi connectivity index (χ0) is 23.2. The summed E-state index contributed by atoms with van der Waals surface area (Å²) in [7, 11) is 0. The van der Waals surface area contributed by atoms with Crippen LogP contribution >= 0.6 is 0 Å². The number of carbonyl (C=O) groups is 2. The lowest BCUT2D eigenvalue weighted by Crippen LogP contribution is -2.48. The van der Waals surface area contributed by atoms with Gasteiger partial charge < -0.3 is 10.2 Å². The van der Waals surface area contributed by atoms with E-state index in [4.69, 9.17) is 0 Å². The molecule has 1 aliphatic heterocycles. The zero-order valence-electron chi connectivity index (χ0n) is 18.7. The predicted octanol–water partition coefficient (Wildman–Crippen LogP) is 1.58. The average Bonchev–Trinajstić information content (AvgIpc) is 3.63. The maximum Gasteiger partial charge on any atom is 0.253 e. The molecule has 1 saturated carbocycles. The van der Waals surface area contributed by atoms with Crippen molar-refractivity contribution in [1.82, 2.24) is 39.8 Å². The van der Waals surface area contributed by atoms with Crippen LogP contribution in [0.25, 0.3) is 11.3 Å². The minimum absolute atomic E-state index is 0.0529. The third-order valence-corrected chi connectivity index (χ3v) is 6.94. The van der Waals surface area contributed by atoms with Crippen LogP contribution in [-0.4, -0.2) is 64.9 Å². The lowest BCUT2D eigenvalue weighted by molar-refractivity contribution is -0.132. The maximum absolute atomic E-state index is 13.2. The molecule has 3 aromatic heterocycles. The van der Waals surface area contributed by atoms with E-state index in [0.29, 0.717) is 24.2 Å². The first kappa shape index (κ1) is 20.5. The Morgan fingerprint density at radius 3 is 2.88 bits per heavy atom. The molecule has 1 N–H and O–H groups in total. The first-order valence-corrected chi connectivity index (χ1v) is 11.4. The van der Waals surface area contributed by atoms with Crippen molar-refractivity contribution in [3.8, 4) is 5.69 Å². The quantitative estimate of drug-likeness (QED) is 0.488. The van der Waals surface area contributed by atoms with Crippen LogP contribution in [0.1, 0.15) is 34.3 Å². The van der Waals surface area contributed by atoms with Crippen LogP contribution in [0.5, 0.6) is 0 Å². The normalized spacial score (nSPS) is 21.3. The van der Waals surface area contributed by atoms with Gasteiger partial charge in [-0.3, -0.25) is 9.59 Å². The van der Waals surface area contributed by atoms with Gasteiger partial charge in [-0.25, -0.2) is 14.2 Å². The highest BCUT2D eigenvalue weighted by molar-refractivity contribution is 5.98. The third-order valence-electron chi connectivity index (χ3n) is 6.94. The van der Waals surface area contributed by atoms with E-state index in [0.717, 1.165) is 29.6 Å². The number of fused-ring (bicyclic) bond motifs is 3. The molecule has 4 aromatic rings. The number of pyridine rings is 1. The van der Waals surface area contributed by atoms with Gasteiger partial charge in [0.05, 0.1) is 30.1 Å². The van der Waals surface area contributed by atoms with Gasteiger partial charge in [0.15, 0.2) is 5.65 Å². The predicted molar refractivity (Wildman–Crippen MR) is 122 cm³/mol. The number of amides is 2. The van der Waals surface area contributed by atoms with Crippen molar-refractivity contribution in [3.63, 3.8) is 0 Å². The molecule has 0 unspecified atom stereocenters. The molecular formula is C24H24N8O2. The van der Waals surface area contributed by atoms with E-state index < -0.39 is 0 Å². The van der Waals surface area contributed by atoms with Crippen molar-refractivity contribution >= 4 is 17.5 Å². The average molecular weight is 457 g/mol. The number of carbonyl (C=O) groups excluding carboxylic acids is 2. The van der Waals surface area contributed by atoms with Crippen LogP contribution in [0.15, 0.2) is 55.2 Å². The van der Waals surface area contributed by atoms with E-state index in [2.05, 4.69) is 25.7 Å². The molecule has 1 saturated heterocycles. The summed E-state index contributed by atoms with van der Waals surface area (Å²) in [5.74, 6) is 0.255. The highest BCUT2D eigenvalue weighted by Gasteiger charge is 2.46. The van der Waals surface area contributed by atoms with E-state index in [1.165, 1.54) is 6.33 Å². The van der Waals surface area contributed by atoms with Gasteiger partial charge in [0.2, 0.25) is 5.91 Å². The van der Waals surface area contributed by atoms with Crippen molar-refractivity contribution in [2.24, 2.45) is 5.92 Å². The summed E-state index contributed by atoms with van der Waals surface area (Å²) in [5, 5.41) is 15.3. The number of rotatable bonds is 5. The molecule has 3 atom stereocenters. The number of aromatic nitrogens is 6. The topological polar surface area (TPSA) is 110 Å². The Bertz CT molecular complexity index is 1380. The van der Waals surface area contributed by atoms with E-state index in [1.807, 2.05) is 48.4 Å². The van der Waals surface area contributed by atoms with Gasteiger partial charge in [0, 0.05) is 24.8 Å². The standard InChI is InChI=1S/C24H24N8O2/c1-15-2-4-21(31-7-6-26-29-31)19(8-15)24(34)28-20-11-18-10-17(20)13-30(18)23(33)9-16-3-5-22-25-14-27-32(22)12-16/h2-8,12,14,17-18,20H,9-11,13H2,1H3,(H,28,34)/t17-,18+,20-/m0/s1. The summed E-state index contributed by atoms with van der Waals surface area (Å²) in [4.78, 5) is 32.4. The van der Waals surface area contributed by atoms with E-state index >= 15 is 0 Å². The SMILES string of the molecule is Cc1ccc(-n2ccnn2)c(C(=O)N[C@H]2C[C@H]3C[C@H]2CN3C(=O)Cc2ccc3ncnn3c2)c1. The highest BCUT2D eigenvalue weighted by atomic mass is 16.2. The molecular weight excluding hydrogens is 432 g/mol. The van der Waals surface area contributed by atoms with Gasteiger partial charge in [-0.2, -0.15) is 5.10 Å². The van der Waals surface area contributed by atoms with E-state index in [-0.39, 0.29) is 29.8 Å². The molecule has 1 aliphatic carbocycles. The second-order valence-corrected chi connectivity index (χ2v) is 9.16. The molecule has 34 heavy (non-hydrogen) atoms. The second kappa shape index (κ2) is 8.05. The monoisotopic (exact) mass is 456 g/mol. The molecule has 172 valence electrons. The summed E-state index contributed by atoms with van der Waals surface area (Å²) in [6.45, 7) is 2.63. The molecule has 2 bridgehead atoms. The molecule has 6 rings (SSSR count). The Hall–Kier alpha value is -4.08. The number of nitrogens with zero attached hydrogens (tertiary/aromatic N) is 7. The lowest BCUT2D eigenvalue weighted by atomic mass is 10.0. The van der Waals surface area contributed by atoms with Crippen molar-refractivity contribution in [2.45, 2.75) is 38.3 Å².